The molecule has 0 aliphatic rings. The molecule has 2 N–H and O–H groups in total. The van der Waals surface area contributed by atoms with Crippen LogP contribution in [0.3, 0.4) is 0 Å². The first-order valence-corrected chi connectivity index (χ1v) is 6.63. The SMILES string of the molecule is CCCOCCCn1c(N)nc2cc(F)c(C)cc21. The second-order valence-electron chi connectivity index (χ2n) is 4.68. The number of aryl methyl sites for hydroxylation is 2. The minimum Gasteiger partial charge on any atom is -0.381 e. The second kappa shape index (κ2) is 6.02. The number of ether oxygens (including phenoxy) is 1. The number of nitrogens with two attached hydrogens (primary N) is 1. The van der Waals surface area contributed by atoms with Crippen LogP contribution >= 0.6 is 0 Å². The van der Waals surface area contributed by atoms with Crippen LogP contribution < -0.4 is 5.73 Å². The first kappa shape index (κ1) is 13.8. The van der Waals surface area contributed by atoms with Crippen LogP contribution in [0, 0.1) is 12.7 Å². The van der Waals surface area contributed by atoms with Gasteiger partial charge in [0.25, 0.3) is 0 Å². The highest BCUT2D eigenvalue weighted by atomic mass is 19.1. The van der Waals surface area contributed by atoms with Gasteiger partial charge >= 0.3 is 0 Å². The Morgan fingerprint density at radius 3 is 2.89 bits per heavy atom. The first-order valence-electron chi connectivity index (χ1n) is 6.63. The van der Waals surface area contributed by atoms with Crippen molar-refractivity contribution in [2.75, 3.05) is 18.9 Å². The van der Waals surface area contributed by atoms with E-state index in [1.54, 1.807) is 13.0 Å². The van der Waals surface area contributed by atoms with E-state index in [9.17, 15) is 4.39 Å². The molecule has 5 heteroatoms. The van der Waals surface area contributed by atoms with E-state index in [0.717, 1.165) is 31.5 Å². The van der Waals surface area contributed by atoms with Gasteiger partial charge in [-0.25, -0.2) is 9.37 Å². The lowest BCUT2D eigenvalue weighted by atomic mass is 10.2. The van der Waals surface area contributed by atoms with Crippen molar-refractivity contribution in [3.63, 3.8) is 0 Å². The maximum Gasteiger partial charge on any atom is 0.201 e. The molecule has 0 unspecified atom stereocenters. The van der Waals surface area contributed by atoms with Crippen LogP contribution in [-0.2, 0) is 11.3 Å². The molecule has 1 aromatic carbocycles. The molecule has 0 aliphatic carbocycles. The van der Waals surface area contributed by atoms with E-state index in [1.807, 2.05) is 4.57 Å². The summed E-state index contributed by atoms with van der Waals surface area (Å²) in [6.45, 7) is 6.04. The van der Waals surface area contributed by atoms with Gasteiger partial charge in [-0.1, -0.05) is 6.92 Å². The smallest absolute Gasteiger partial charge is 0.201 e. The zero-order valence-electron chi connectivity index (χ0n) is 11.4. The van der Waals surface area contributed by atoms with Crippen LogP contribution in [0.5, 0.6) is 0 Å². The fourth-order valence-electron chi connectivity index (χ4n) is 2.07. The van der Waals surface area contributed by atoms with Gasteiger partial charge in [0, 0.05) is 25.8 Å². The molecule has 0 atom stereocenters. The maximum absolute atomic E-state index is 13.5. The number of rotatable bonds is 6. The Kier molecular flexibility index (Phi) is 4.37. The molecular weight excluding hydrogens is 245 g/mol. The number of nitrogen functional groups attached to an aromatic ring is 1. The summed E-state index contributed by atoms with van der Waals surface area (Å²) in [6, 6.07) is 3.23. The second-order valence-corrected chi connectivity index (χ2v) is 4.68. The molecule has 1 aromatic heterocycles. The van der Waals surface area contributed by atoms with Gasteiger partial charge in [-0.3, -0.25) is 0 Å². The summed E-state index contributed by atoms with van der Waals surface area (Å²) in [5, 5.41) is 0. The van der Waals surface area contributed by atoms with Gasteiger partial charge in [-0.15, -0.1) is 0 Å². The Labute approximate surface area is 112 Å². The first-order chi connectivity index (χ1) is 9.13. The summed E-state index contributed by atoms with van der Waals surface area (Å²) in [7, 11) is 0. The van der Waals surface area contributed by atoms with Crippen molar-refractivity contribution in [1.29, 1.82) is 0 Å². The fraction of sp³-hybridized carbons (Fsp3) is 0.500. The van der Waals surface area contributed by atoms with Gasteiger partial charge in [0.05, 0.1) is 11.0 Å². The zero-order valence-corrected chi connectivity index (χ0v) is 11.4. The summed E-state index contributed by atoms with van der Waals surface area (Å²) in [4.78, 5) is 4.19. The van der Waals surface area contributed by atoms with Gasteiger partial charge in [0.2, 0.25) is 5.95 Å². The number of anilines is 1. The molecule has 0 saturated heterocycles. The summed E-state index contributed by atoms with van der Waals surface area (Å²) >= 11 is 0. The van der Waals surface area contributed by atoms with E-state index >= 15 is 0 Å². The van der Waals surface area contributed by atoms with Crippen LogP contribution in [0.4, 0.5) is 10.3 Å². The minimum atomic E-state index is -0.247. The fourth-order valence-corrected chi connectivity index (χ4v) is 2.07. The van der Waals surface area contributed by atoms with Crippen molar-refractivity contribution in [2.45, 2.75) is 33.2 Å². The van der Waals surface area contributed by atoms with Crippen LogP contribution in [0.15, 0.2) is 12.1 Å². The molecule has 2 rings (SSSR count). The maximum atomic E-state index is 13.5. The monoisotopic (exact) mass is 265 g/mol. The highest BCUT2D eigenvalue weighted by Gasteiger charge is 2.10. The molecule has 0 radical (unpaired) electrons. The average molecular weight is 265 g/mol. The van der Waals surface area contributed by atoms with Gasteiger partial charge in [-0.2, -0.15) is 0 Å². The lowest BCUT2D eigenvalue weighted by Gasteiger charge is -2.07. The Balaban J connectivity index is 2.13. The third-order valence-corrected chi connectivity index (χ3v) is 3.08. The lowest BCUT2D eigenvalue weighted by Crippen LogP contribution is -2.06. The quantitative estimate of drug-likeness (QED) is 0.817. The Morgan fingerprint density at radius 1 is 1.37 bits per heavy atom. The van der Waals surface area contributed by atoms with Gasteiger partial charge in [-0.05, 0) is 31.4 Å². The number of benzene rings is 1. The molecule has 0 bridgehead atoms. The Hall–Kier alpha value is -1.62. The predicted molar refractivity (Wildman–Crippen MR) is 74.6 cm³/mol. The van der Waals surface area contributed by atoms with Crippen molar-refractivity contribution in [2.24, 2.45) is 0 Å². The molecule has 0 spiro atoms. The standard InChI is InChI=1S/C14H20FN3O/c1-3-6-19-7-4-5-18-13-8-10(2)11(15)9-12(13)17-14(18)16/h8-9H,3-7H2,1-2H3,(H2,16,17). The normalized spacial score (nSPS) is 11.3. The number of halogens is 1. The highest BCUT2D eigenvalue weighted by Crippen LogP contribution is 2.21. The minimum absolute atomic E-state index is 0.247. The van der Waals surface area contributed by atoms with Crippen LogP contribution in [0.2, 0.25) is 0 Å². The number of hydrogen-bond donors (Lipinski definition) is 1. The molecule has 4 nitrogen and oxygen atoms in total. The lowest BCUT2D eigenvalue weighted by molar-refractivity contribution is 0.129. The molecule has 104 valence electrons. The summed E-state index contributed by atoms with van der Waals surface area (Å²) in [5.41, 5.74) is 7.98. The van der Waals surface area contributed by atoms with E-state index in [-0.39, 0.29) is 5.82 Å². The third-order valence-electron chi connectivity index (χ3n) is 3.08. The number of imidazole rings is 1. The topological polar surface area (TPSA) is 53.1 Å². The van der Waals surface area contributed by atoms with Gasteiger partial charge in [0.1, 0.15) is 5.82 Å². The van der Waals surface area contributed by atoms with Crippen LogP contribution in [0.1, 0.15) is 25.3 Å². The van der Waals surface area contributed by atoms with Crippen molar-refractivity contribution < 1.29 is 9.13 Å². The summed E-state index contributed by atoms with van der Waals surface area (Å²) < 4.78 is 20.8. The number of aromatic nitrogens is 2. The van der Waals surface area contributed by atoms with Crippen molar-refractivity contribution in [3.8, 4) is 0 Å². The third kappa shape index (κ3) is 3.04. The average Bonchev–Trinajstić information content (AvgIpc) is 2.66. The van der Waals surface area contributed by atoms with Crippen molar-refractivity contribution >= 4 is 17.0 Å². The van der Waals surface area contributed by atoms with Crippen LogP contribution in [0.25, 0.3) is 11.0 Å². The Bertz CT molecular complexity index is 565. The number of nitrogens with zero attached hydrogens (tertiary/aromatic N) is 2. The molecule has 1 heterocycles. The molecule has 0 saturated carbocycles. The van der Waals surface area contributed by atoms with E-state index < -0.39 is 0 Å². The highest BCUT2D eigenvalue weighted by molar-refractivity contribution is 5.79. The Morgan fingerprint density at radius 2 is 2.16 bits per heavy atom. The largest absolute Gasteiger partial charge is 0.381 e. The van der Waals surface area contributed by atoms with Crippen molar-refractivity contribution in [1.82, 2.24) is 9.55 Å². The van der Waals surface area contributed by atoms with Gasteiger partial charge < -0.3 is 15.0 Å². The van der Waals surface area contributed by atoms with E-state index in [0.29, 0.717) is 23.6 Å². The molecule has 0 fully saturated rings. The number of fused-ring (bicyclic) bond motifs is 1. The summed E-state index contributed by atoms with van der Waals surface area (Å²) in [5.74, 6) is 0.180. The number of hydrogen-bond acceptors (Lipinski definition) is 3. The molecule has 0 amide bonds. The van der Waals surface area contributed by atoms with Crippen molar-refractivity contribution in [3.05, 3.63) is 23.5 Å². The van der Waals surface area contributed by atoms with Crippen LogP contribution in [-0.4, -0.2) is 22.8 Å². The molecule has 0 aliphatic heterocycles. The van der Waals surface area contributed by atoms with E-state index in [2.05, 4.69) is 11.9 Å². The molecule has 2 aromatic rings. The van der Waals surface area contributed by atoms with E-state index in [4.69, 9.17) is 10.5 Å². The molecular formula is C14H20FN3O. The zero-order chi connectivity index (χ0) is 13.8. The summed E-state index contributed by atoms with van der Waals surface area (Å²) in [6.07, 6.45) is 1.89. The van der Waals surface area contributed by atoms with Gasteiger partial charge in [0.15, 0.2) is 0 Å². The predicted octanol–water partition coefficient (Wildman–Crippen LogP) is 2.88. The van der Waals surface area contributed by atoms with E-state index in [1.165, 1.54) is 6.07 Å². The molecule has 19 heavy (non-hydrogen) atoms.